The monoisotopic (exact) mass is 582 g/mol. The van der Waals surface area contributed by atoms with Crippen LogP contribution in [0.2, 0.25) is 0 Å². The van der Waals surface area contributed by atoms with Gasteiger partial charge in [-0.1, -0.05) is 38.7 Å². The largest absolute Gasteiger partial charge is 0.496 e. The van der Waals surface area contributed by atoms with Gasteiger partial charge in [0.05, 0.1) is 19.1 Å². The Bertz CT molecular complexity index is 1460. The van der Waals surface area contributed by atoms with Crippen LogP contribution in [0.25, 0.3) is 17.0 Å². The van der Waals surface area contributed by atoms with E-state index in [4.69, 9.17) is 9.72 Å². The molecule has 0 saturated carbocycles. The topological polar surface area (TPSA) is 58.9 Å². The van der Waals surface area contributed by atoms with Gasteiger partial charge in [0.15, 0.2) is 11.3 Å². The Morgan fingerprint density at radius 1 is 1.08 bits per heavy atom. The maximum atomic E-state index is 13.1. The lowest BCUT2D eigenvalue weighted by Crippen LogP contribution is -2.37. The second kappa shape index (κ2) is 9.23. The van der Waals surface area contributed by atoms with Crippen LogP contribution in [0.1, 0.15) is 50.1 Å². The number of halogens is 1. The van der Waals surface area contributed by atoms with Crippen LogP contribution in [0.3, 0.4) is 0 Å². The number of nitrogens with one attached hydrogen (secondary N) is 1. The van der Waals surface area contributed by atoms with Gasteiger partial charge in [0.1, 0.15) is 17.0 Å². The van der Waals surface area contributed by atoms with Gasteiger partial charge in [-0.05, 0) is 85.9 Å². The number of methoxy groups -OCH3 is 1. The quantitative estimate of drug-likeness (QED) is 0.196. The van der Waals surface area contributed by atoms with Gasteiger partial charge in [-0.15, -0.1) is 0 Å². The highest BCUT2D eigenvalue weighted by atomic mass is 79.9. The first-order valence-electron chi connectivity index (χ1n) is 11.8. The number of H-pyrrole nitrogens is 1. The van der Waals surface area contributed by atoms with Crippen molar-refractivity contribution in [1.82, 2.24) is 9.97 Å². The number of aromatic amines is 1. The fraction of sp³-hybridized carbons (Fsp3) is 0.321. The maximum Gasteiger partial charge on any atom is 0.402 e. The molecule has 0 bridgehead atoms. The zero-order valence-electron chi connectivity index (χ0n) is 21.2. The number of imidazole rings is 1. The van der Waals surface area contributed by atoms with Crippen molar-refractivity contribution >= 4 is 54.3 Å². The highest BCUT2D eigenvalue weighted by Gasteiger charge is 2.50. The third kappa shape index (κ3) is 4.07. The van der Waals surface area contributed by atoms with Gasteiger partial charge >= 0.3 is 5.95 Å². The Balaban J connectivity index is 1.55. The van der Waals surface area contributed by atoms with E-state index in [9.17, 15) is 4.79 Å². The summed E-state index contributed by atoms with van der Waals surface area (Å²) in [5.41, 5.74) is 5.09. The third-order valence-corrected chi connectivity index (χ3v) is 10.4. The van der Waals surface area contributed by atoms with Gasteiger partial charge in [-0.3, -0.25) is 4.79 Å². The number of aromatic nitrogens is 3. The van der Waals surface area contributed by atoms with Gasteiger partial charge in [-0.25, -0.2) is 9.55 Å². The molecule has 5 nitrogen and oxygen atoms in total. The average Bonchev–Trinajstić information content (AvgIpc) is 3.32. The number of carbonyl (C=O) groups excluding carboxylic acids is 1. The van der Waals surface area contributed by atoms with Crippen molar-refractivity contribution in [3.63, 3.8) is 0 Å². The normalized spacial score (nSPS) is 15.9. The van der Waals surface area contributed by atoms with E-state index in [-0.39, 0.29) is 5.78 Å². The molecular weight excluding hydrogens is 554 g/mol. The number of nitrogens with zero attached hydrogens (tertiary/aromatic N) is 2. The van der Waals surface area contributed by atoms with Crippen LogP contribution in [0, 0.1) is 6.92 Å². The van der Waals surface area contributed by atoms with Gasteiger partial charge in [0.25, 0.3) is 0 Å². The Hall–Kier alpha value is -2.29. The molecule has 0 fully saturated rings. The molecule has 0 aliphatic heterocycles. The van der Waals surface area contributed by atoms with Crippen LogP contribution in [0.4, 0.5) is 0 Å². The van der Waals surface area contributed by atoms with Crippen LogP contribution in [0.5, 0.6) is 5.75 Å². The van der Waals surface area contributed by atoms with Gasteiger partial charge in [0.2, 0.25) is 0 Å². The van der Waals surface area contributed by atoms with Crippen LogP contribution >= 0.6 is 37.5 Å². The highest BCUT2D eigenvalue weighted by Crippen LogP contribution is 2.47. The predicted octanol–water partition coefficient (Wildman–Crippen LogP) is 7.00. The molecule has 0 atom stereocenters. The van der Waals surface area contributed by atoms with E-state index in [0.29, 0.717) is 0 Å². The number of pyridine rings is 1. The van der Waals surface area contributed by atoms with Crippen molar-refractivity contribution < 1.29 is 14.1 Å². The second-order valence-corrected chi connectivity index (χ2v) is 13.3. The van der Waals surface area contributed by atoms with Crippen molar-refractivity contribution in [2.45, 2.75) is 56.1 Å². The predicted molar refractivity (Wildman–Crippen MR) is 151 cm³/mol. The van der Waals surface area contributed by atoms with Gasteiger partial charge in [-0.2, -0.15) is 0 Å². The number of fused-ring (bicyclic) bond motifs is 2. The summed E-state index contributed by atoms with van der Waals surface area (Å²) < 4.78 is 8.83. The fourth-order valence-corrected chi connectivity index (χ4v) is 8.27. The summed E-state index contributed by atoms with van der Waals surface area (Å²) in [6, 6.07) is 14.4. The highest BCUT2D eigenvalue weighted by molar-refractivity contribution is 9.10. The molecule has 0 spiro atoms. The summed E-state index contributed by atoms with van der Waals surface area (Å²) in [5.74, 6) is 2.62. The van der Waals surface area contributed by atoms with Crippen molar-refractivity contribution in [1.29, 1.82) is 0 Å². The molecule has 4 aromatic rings. The number of hydrogen-bond acceptors (Lipinski definition) is 5. The van der Waals surface area contributed by atoms with E-state index in [0.717, 1.165) is 55.3 Å². The van der Waals surface area contributed by atoms with Crippen molar-refractivity contribution in [2.24, 2.45) is 0 Å². The lowest BCUT2D eigenvalue weighted by Gasteiger charge is -2.21. The number of rotatable bonds is 6. The molecule has 186 valence electrons. The first-order valence-corrected chi connectivity index (χ1v) is 14.9. The van der Waals surface area contributed by atoms with E-state index in [1.807, 2.05) is 52.1 Å². The minimum absolute atomic E-state index is 0.250. The number of benzene rings is 2. The Morgan fingerprint density at radius 2 is 1.78 bits per heavy atom. The minimum atomic E-state index is -0.527. The maximum absolute atomic E-state index is 13.1. The number of Topliss-reactive ketones (excluding diaryl/α,β-unsaturated/α-hetero) is 1. The zero-order valence-corrected chi connectivity index (χ0v) is 24.5. The van der Waals surface area contributed by atoms with E-state index < -0.39 is 10.8 Å². The summed E-state index contributed by atoms with van der Waals surface area (Å²) in [7, 11) is 5.21. The summed E-state index contributed by atoms with van der Waals surface area (Å²) in [6.07, 6.45) is 2.01. The molecule has 2 aromatic carbocycles. The van der Waals surface area contributed by atoms with E-state index in [2.05, 4.69) is 56.7 Å². The number of ketones is 1. The molecule has 5 rings (SSSR count). The Morgan fingerprint density at radius 3 is 2.47 bits per heavy atom. The van der Waals surface area contributed by atoms with E-state index >= 15 is 0 Å². The van der Waals surface area contributed by atoms with Crippen LogP contribution in [-0.4, -0.2) is 22.9 Å². The molecular formula is C28H29BrN3O2S2+. The molecule has 36 heavy (non-hydrogen) atoms. The van der Waals surface area contributed by atoms with E-state index in [1.165, 1.54) is 4.90 Å². The number of hydrogen-bond donors (Lipinski definition) is 1. The molecule has 8 heteroatoms. The van der Waals surface area contributed by atoms with Crippen molar-refractivity contribution in [3.05, 3.63) is 75.5 Å². The van der Waals surface area contributed by atoms with Crippen LogP contribution in [0.15, 0.2) is 58.0 Å². The summed E-state index contributed by atoms with van der Waals surface area (Å²) in [6.45, 7) is 10.2. The van der Waals surface area contributed by atoms with Crippen LogP contribution in [-0.2, 0) is 21.4 Å². The Labute approximate surface area is 228 Å². The molecule has 1 N–H and O–H groups in total. The van der Waals surface area contributed by atoms with Crippen molar-refractivity contribution in [2.75, 3.05) is 7.11 Å². The lowest BCUT2D eigenvalue weighted by molar-refractivity contribution is -0.610. The van der Waals surface area contributed by atoms with Gasteiger partial charge in [0, 0.05) is 31.8 Å². The summed E-state index contributed by atoms with van der Waals surface area (Å²) in [4.78, 5) is 22.8. The van der Waals surface area contributed by atoms with Crippen LogP contribution < -0.4 is 9.30 Å². The summed E-state index contributed by atoms with van der Waals surface area (Å²) in [5, 5.41) is 0. The first kappa shape index (κ1) is 25.4. The molecule has 1 aliphatic rings. The molecule has 0 amide bonds. The van der Waals surface area contributed by atoms with Gasteiger partial charge < -0.3 is 4.74 Å². The average molecular weight is 584 g/mol. The number of ether oxygens (including phenoxy) is 1. The fourth-order valence-electron chi connectivity index (χ4n) is 5.16. The molecule has 0 unspecified atom stereocenters. The standard InChI is InChI=1S/C28H29BrN3O2S2/c1-16-22(15-35-36-24-10-8-7-9-19(24)29)32(12-11-23(16)34-6)26-30-20-13-17-18(14-21(20)31-26)28(4,5)25(33)27(17,2)3/h7-14H,15H2,1-6H3,(H,30,31)/q+1. The van der Waals surface area contributed by atoms with Crippen molar-refractivity contribution in [3.8, 4) is 11.7 Å². The molecule has 0 saturated heterocycles. The molecule has 2 aromatic heterocycles. The molecule has 2 heterocycles. The SMILES string of the molecule is COc1cc[n+](-c2nc3cc4c(cc3[nH]2)C(C)(C)C(=O)C4(C)C)c(CSSc2ccccc2Br)c1C. The lowest BCUT2D eigenvalue weighted by atomic mass is 9.80. The van der Waals surface area contributed by atoms with E-state index in [1.54, 1.807) is 28.7 Å². The molecule has 0 radical (unpaired) electrons. The summed E-state index contributed by atoms with van der Waals surface area (Å²) >= 11 is 3.64. The third-order valence-electron chi connectivity index (χ3n) is 7.19. The minimum Gasteiger partial charge on any atom is -0.496 e. The Kier molecular flexibility index (Phi) is 6.50. The smallest absolute Gasteiger partial charge is 0.402 e. The first-order chi connectivity index (χ1) is 17.1. The number of carbonyl (C=O) groups is 1. The molecule has 1 aliphatic carbocycles. The zero-order chi connectivity index (χ0) is 25.8. The second-order valence-electron chi connectivity index (χ2n) is 10.2.